The van der Waals surface area contributed by atoms with E-state index in [9.17, 15) is 14.5 Å². The number of allylic oxidation sites excluding steroid dienone is 2. The second-order valence-electron chi connectivity index (χ2n) is 6.03. The van der Waals surface area contributed by atoms with Crippen LogP contribution in [0.3, 0.4) is 0 Å². The lowest BCUT2D eigenvalue weighted by atomic mass is 9.77. The highest BCUT2D eigenvalue weighted by Gasteiger charge is 2.39. The van der Waals surface area contributed by atoms with Gasteiger partial charge in [0.2, 0.25) is 0 Å². The SMILES string of the molecule is O=[N+]([O-])c1ccc2c(c1)[C@H]1C=CC[C@H]1[C@@H](c1ccccc1F)N2. The van der Waals surface area contributed by atoms with Crippen LogP contribution < -0.4 is 5.32 Å². The molecule has 1 heterocycles. The van der Waals surface area contributed by atoms with E-state index < -0.39 is 0 Å². The van der Waals surface area contributed by atoms with Gasteiger partial charge in [0, 0.05) is 29.3 Å². The molecule has 1 N–H and O–H groups in total. The molecule has 0 saturated heterocycles. The number of hydrogen-bond donors (Lipinski definition) is 1. The second-order valence-corrected chi connectivity index (χ2v) is 6.03. The van der Waals surface area contributed by atoms with Gasteiger partial charge in [-0.2, -0.15) is 0 Å². The second kappa shape index (κ2) is 5.19. The number of non-ortho nitro benzene ring substituents is 1. The Kier molecular flexibility index (Phi) is 3.15. The molecule has 2 aromatic rings. The topological polar surface area (TPSA) is 55.2 Å². The third kappa shape index (κ3) is 2.20. The lowest BCUT2D eigenvalue weighted by molar-refractivity contribution is -0.384. The van der Waals surface area contributed by atoms with Crippen LogP contribution in [-0.2, 0) is 0 Å². The molecule has 0 aromatic heterocycles. The normalized spacial score (nSPS) is 24.7. The maximum absolute atomic E-state index is 14.2. The van der Waals surface area contributed by atoms with E-state index in [4.69, 9.17) is 0 Å². The summed E-state index contributed by atoms with van der Waals surface area (Å²) in [5, 5.41) is 14.4. The quantitative estimate of drug-likeness (QED) is 0.502. The number of nitrogens with zero attached hydrogens (tertiary/aromatic N) is 1. The van der Waals surface area contributed by atoms with Crippen molar-refractivity contribution in [2.24, 2.45) is 5.92 Å². The number of hydrogen-bond acceptors (Lipinski definition) is 3. The summed E-state index contributed by atoms with van der Waals surface area (Å²) in [6, 6.07) is 11.5. The summed E-state index contributed by atoms with van der Waals surface area (Å²) in [4.78, 5) is 10.6. The summed E-state index contributed by atoms with van der Waals surface area (Å²) in [7, 11) is 0. The van der Waals surface area contributed by atoms with Gasteiger partial charge in [-0.25, -0.2) is 4.39 Å². The average Bonchev–Trinajstić information content (AvgIpc) is 3.04. The lowest BCUT2D eigenvalue weighted by Crippen LogP contribution is -2.29. The van der Waals surface area contributed by atoms with Crippen LogP contribution in [0.1, 0.15) is 29.5 Å². The number of nitrogens with one attached hydrogen (secondary N) is 1. The first-order valence-corrected chi connectivity index (χ1v) is 7.61. The van der Waals surface area contributed by atoms with Crippen molar-refractivity contribution in [3.8, 4) is 0 Å². The summed E-state index contributed by atoms with van der Waals surface area (Å²) in [6.07, 6.45) is 5.00. The van der Waals surface area contributed by atoms with Gasteiger partial charge < -0.3 is 5.32 Å². The molecule has 23 heavy (non-hydrogen) atoms. The maximum Gasteiger partial charge on any atom is 0.269 e. The molecule has 0 fully saturated rings. The zero-order valence-electron chi connectivity index (χ0n) is 12.3. The highest BCUT2D eigenvalue weighted by atomic mass is 19.1. The van der Waals surface area contributed by atoms with Gasteiger partial charge in [0.15, 0.2) is 0 Å². The smallest absolute Gasteiger partial charge is 0.269 e. The highest BCUT2D eigenvalue weighted by molar-refractivity contribution is 5.62. The van der Waals surface area contributed by atoms with Gasteiger partial charge in [-0.05, 0) is 30.0 Å². The first-order chi connectivity index (χ1) is 11.1. The van der Waals surface area contributed by atoms with Crippen LogP contribution in [0.4, 0.5) is 15.8 Å². The largest absolute Gasteiger partial charge is 0.378 e. The van der Waals surface area contributed by atoms with Crippen molar-refractivity contribution in [3.05, 3.63) is 81.7 Å². The standard InChI is InChI=1S/C18H15FN2O2/c19-16-7-2-1-4-14(16)18-13-6-3-5-12(13)15-10-11(21(22)23)8-9-17(15)20-18/h1-5,7-10,12-13,18,20H,6H2/t12-,13+,18-/m0/s1. The fourth-order valence-electron chi connectivity index (χ4n) is 3.73. The van der Waals surface area contributed by atoms with E-state index in [0.29, 0.717) is 5.56 Å². The molecule has 4 nitrogen and oxygen atoms in total. The van der Waals surface area contributed by atoms with E-state index in [0.717, 1.165) is 17.7 Å². The Morgan fingerprint density at radius 3 is 2.78 bits per heavy atom. The third-order valence-electron chi connectivity index (χ3n) is 4.80. The summed E-state index contributed by atoms with van der Waals surface area (Å²) in [5.74, 6) is 0.0261. The van der Waals surface area contributed by atoms with E-state index in [-0.39, 0.29) is 34.3 Å². The average molecular weight is 310 g/mol. The van der Waals surface area contributed by atoms with Gasteiger partial charge in [0.1, 0.15) is 5.82 Å². The maximum atomic E-state index is 14.2. The van der Waals surface area contributed by atoms with Crippen LogP contribution in [-0.4, -0.2) is 4.92 Å². The van der Waals surface area contributed by atoms with Gasteiger partial charge in [-0.1, -0.05) is 30.4 Å². The minimum Gasteiger partial charge on any atom is -0.378 e. The van der Waals surface area contributed by atoms with Crippen molar-refractivity contribution in [3.63, 3.8) is 0 Å². The molecule has 0 amide bonds. The van der Waals surface area contributed by atoms with E-state index in [1.54, 1.807) is 24.3 Å². The fourth-order valence-corrected chi connectivity index (χ4v) is 3.73. The molecular weight excluding hydrogens is 295 g/mol. The number of fused-ring (bicyclic) bond motifs is 3. The Hall–Kier alpha value is -2.69. The van der Waals surface area contributed by atoms with Gasteiger partial charge in [0.05, 0.1) is 11.0 Å². The van der Waals surface area contributed by atoms with Crippen molar-refractivity contribution < 1.29 is 9.31 Å². The molecule has 0 unspecified atom stereocenters. The minimum atomic E-state index is -0.378. The zero-order valence-corrected chi connectivity index (χ0v) is 12.3. The molecule has 3 atom stereocenters. The molecule has 2 aromatic carbocycles. The van der Waals surface area contributed by atoms with Crippen molar-refractivity contribution in [2.45, 2.75) is 18.4 Å². The molecule has 2 aliphatic rings. The molecule has 4 rings (SSSR count). The summed E-state index contributed by atoms with van der Waals surface area (Å²) in [5.41, 5.74) is 2.51. The van der Waals surface area contributed by atoms with E-state index in [1.165, 1.54) is 12.1 Å². The summed E-state index contributed by atoms with van der Waals surface area (Å²) in [6.45, 7) is 0. The van der Waals surface area contributed by atoms with Gasteiger partial charge in [0.25, 0.3) is 5.69 Å². The molecular formula is C18H15FN2O2. The van der Waals surface area contributed by atoms with Crippen LogP contribution in [0.25, 0.3) is 0 Å². The Balaban J connectivity index is 1.81. The van der Waals surface area contributed by atoms with E-state index in [1.807, 2.05) is 6.07 Å². The molecule has 1 aliphatic carbocycles. The van der Waals surface area contributed by atoms with E-state index >= 15 is 0 Å². The summed E-state index contributed by atoms with van der Waals surface area (Å²) < 4.78 is 14.2. The number of anilines is 1. The first-order valence-electron chi connectivity index (χ1n) is 7.61. The van der Waals surface area contributed by atoms with Crippen LogP contribution >= 0.6 is 0 Å². The first kappa shape index (κ1) is 13.9. The molecule has 0 bridgehead atoms. The molecule has 0 saturated carbocycles. The highest BCUT2D eigenvalue weighted by Crippen LogP contribution is 2.50. The lowest BCUT2D eigenvalue weighted by Gasteiger charge is -2.37. The minimum absolute atomic E-state index is 0.0794. The Morgan fingerprint density at radius 2 is 2.00 bits per heavy atom. The van der Waals surface area contributed by atoms with Gasteiger partial charge in [-0.3, -0.25) is 10.1 Å². The third-order valence-corrected chi connectivity index (χ3v) is 4.80. The summed E-state index contributed by atoms with van der Waals surface area (Å²) >= 11 is 0. The Bertz CT molecular complexity index is 818. The van der Waals surface area contributed by atoms with Gasteiger partial charge >= 0.3 is 0 Å². The van der Waals surface area contributed by atoms with Gasteiger partial charge in [-0.15, -0.1) is 0 Å². The van der Waals surface area contributed by atoms with E-state index in [2.05, 4.69) is 17.5 Å². The zero-order chi connectivity index (χ0) is 16.0. The van der Waals surface area contributed by atoms with Crippen molar-refractivity contribution in [1.82, 2.24) is 0 Å². The van der Waals surface area contributed by atoms with Crippen molar-refractivity contribution in [2.75, 3.05) is 5.32 Å². The predicted octanol–water partition coefficient (Wildman–Crippen LogP) is 4.56. The van der Waals surface area contributed by atoms with Crippen LogP contribution in [0, 0.1) is 21.8 Å². The molecule has 1 aliphatic heterocycles. The molecule has 0 radical (unpaired) electrons. The Morgan fingerprint density at radius 1 is 1.17 bits per heavy atom. The number of nitro groups is 1. The molecule has 5 heteroatoms. The van der Waals surface area contributed by atoms with Crippen LogP contribution in [0.5, 0.6) is 0 Å². The fraction of sp³-hybridized carbons (Fsp3) is 0.222. The monoisotopic (exact) mass is 310 g/mol. The van der Waals surface area contributed by atoms with Crippen molar-refractivity contribution in [1.29, 1.82) is 0 Å². The molecule has 0 spiro atoms. The number of halogens is 1. The van der Waals surface area contributed by atoms with Crippen LogP contribution in [0.2, 0.25) is 0 Å². The van der Waals surface area contributed by atoms with Crippen LogP contribution in [0.15, 0.2) is 54.6 Å². The number of benzene rings is 2. The number of nitro benzene ring substituents is 1. The Labute approximate surface area is 132 Å². The van der Waals surface area contributed by atoms with Crippen molar-refractivity contribution >= 4 is 11.4 Å². The number of rotatable bonds is 2. The molecule has 116 valence electrons. The predicted molar refractivity (Wildman–Crippen MR) is 85.8 cm³/mol.